The summed E-state index contributed by atoms with van der Waals surface area (Å²) in [5, 5.41) is 3.24. The summed E-state index contributed by atoms with van der Waals surface area (Å²) in [5.74, 6) is 0.118. The molecule has 0 bridgehead atoms. The summed E-state index contributed by atoms with van der Waals surface area (Å²) >= 11 is 3.40. The number of anilines is 1. The van der Waals surface area contributed by atoms with E-state index in [9.17, 15) is 4.79 Å². The lowest BCUT2D eigenvalue weighted by atomic mass is 10.1. The highest BCUT2D eigenvalue weighted by atomic mass is 79.9. The van der Waals surface area contributed by atoms with Crippen molar-refractivity contribution in [2.75, 3.05) is 11.9 Å². The van der Waals surface area contributed by atoms with Crippen LogP contribution in [0.3, 0.4) is 0 Å². The minimum Gasteiger partial charge on any atom is -0.384 e. The molecular weight excluding hydrogens is 230 g/mol. The third-order valence-corrected chi connectivity index (χ3v) is 2.72. The van der Waals surface area contributed by atoms with E-state index in [1.54, 1.807) is 6.92 Å². The van der Waals surface area contributed by atoms with Crippen molar-refractivity contribution in [2.45, 2.75) is 13.3 Å². The van der Waals surface area contributed by atoms with E-state index in [1.807, 2.05) is 6.07 Å². The van der Waals surface area contributed by atoms with Crippen LogP contribution in [0.1, 0.15) is 22.8 Å². The van der Waals surface area contributed by atoms with E-state index in [0.29, 0.717) is 0 Å². The maximum atomic E-state index is 11.3. The average molecular weight is 240 g/mol. The quantitative estimate of drug-likeness (QED) is 0.764. The van der Waals surface area contributed by atoms with Crippen molar-refractivity contribution in [3.63, 3.8) is 0 Å². The molecule has 0 spiro atoms. The molecule has 0 fully saturated rings. The first kappa shape index (κ1) is 8.75. The van der Waals surface area contributed by atoms with Crippen LogP contribution in [0.25, 0.3) is 0 Å². The second-order valence-corrected chi connectivity index (χ2v) is 4.14. The number of benzene rings is 1. The first-order chi connectivity index (χ1) is 6.18. The van der Waals surface area contributed by atoms with Crippen LogP contribution in [0, 0.1) is 0 Å². The van der Waals surface area contributed by atoms with Gasteiger partial charge in [0.2, 0.25) is 0 Å². The van der Waals surface area contributed by atoms with Gasteiger partial charge in [0, 0.05) is 22.3 Å². The summed E-state index contributed by atoms with van der Waals surface area (Å²) in [6.07, 6.45) is 1.01. The Morgan fingerprint density at radius 2 is 2.31 bits per heavy atom. The predicted molar refractivity (Wildman–Crippen MR) is 56.3 cm³/mol. The highest BCUT2D eigenvalue weighted by molar-refractivity contribution is 9.10. The van der Waals surface area contributed by atoms with E-state index < -0.39 is 0 Å². The van der Waals surface area contributed by atoms with Crippen LogP contribution in [0.2, 0.25) is 0 Å². The van der Waals surface area contributed by atoms with Crippen LogP contribution in [0.4, 0.5) is 5.69 Å². The third-order valence-electron chi connectivity index (χ3n) is 2.26. The number of ketones is 1. The highest BCUT2D eigenvalue weighted by Gasteiger charge is 2.17. The van der Waals surface area contributed by atoms with Crippen molar-refractivity contribution in [3.05, 3.63) is 27.7 Å². The molecule has 1 N–H and O–H groups in total. The zero-order valence-electron chi connectivity index (χ0n) is 7.36. The first-order valence-electron chi connectivity index (χ1n) is 4.25. The monoisotopic (exact) mass is 239 g/mol. The first-order valence-corrected chi connectivity index (χ1v) is 5.05. The Bertz CT molecular complexity index is 373. The topological polar surface area (TPSA) is 29.1 Å². The highest BCUT2D eigenvalue weighted by Crippen LogP contribution is 2.30. The minimum atomic E-state index is 0.118. The lowest BCUT2D eigenvalue weighted by Gasteiger charge is -2.06. The van der Waals surface area contributed by atoms with Crippen LogP contribution < -0.4 is 5.32 Å². The van der Waals surface area contributed by atoms with Gasteiger partial charge in [-0.1, -0.05) is 15.9 Å². The van der Waals surface area contributed by atoms with Gasteiger partial charge in [0.05, 0.1) is 0 Å². The molecule has 0 saturated carbocycles. The molecule has 1 heterocycles. The Labute approximate surface area is 85.5 Å². The Balaban J connectivity index is 2.62. The van der Waals surface area contributed by atoms with E-state index in [1.165, 1.54) is 5.56 Å². The smallest absolute Gasteiger partial charge is 0.161 e. The van der Waals surface area contributed by atoms with Gasteiger partial charge < -0.3 is 5.32 Å². The fraction of sp³-hybridized carbons (Fsp3) is 0.300. The van der Waals surface area contributed by atoms with Crippen LogP contribution in [-0.2, 0) is 6.42 Å². The summed E-state index contributed by atoms with van der Waals surface area (Å²) in [5.41, 5.74) is 3.05. The van der Waals surface area contributed by atoms with Crippen molar-refractivity contribution in [1.29, 1.82) is 0 Å². The largest absolute Gasteiger partial charge is 0.384 e. The van der Waals surface area contributed by atoms with Crippen molar-refractivity contribution in [1.82, 2.24) is 0 Å². The minimum absolute atomic E-state index is 0.118. The lowest BCUT2D eigenvalue weighted by molar-refractivity contribution is 0.101. The molecule has 0 aliphatic carbocycles. The van der Waals surface area contributed by atoms with E-state index in [4.69, 9.17) is 0 Å². The number of carbonyl (C=O) groups is 1. The zero-order chi connectivity index (χ0) is 9.42. The molecule has 0 atom stereocenters. The van der Waals surface area contributed by atoms with Crippen LogP contribution in [0.15, 0.2) is 16.6 Å². The second kappa shape index (κ2) is 3.14. The SMILES string of the molecule is CC(=O)c1cc(Br)cc2c1NCC2. The van der Waals surface area contributed by atoms with Crippen LogP contribution in [-0.4, -0.2) is 12.3 Å². The van der Waals surface area contributed by atoms with Gasteiger partial charge in [-0.3, -0.25) is 4.79 Å². The summed E-state index contributed by atoms with van der Waals surface area (Å²) in [4.78, 5) is 11.3. The fourth-order valence-electron chi connectivity index (χ4n) is 1.67. The normalized spacial score (nSPS) is 13.7. The molecule has 2 rings (SSSR count). The van der Waals surface area contributed by atoms with Gasteiger partial charge >= 0.3 is 0 Å². The molecular formula is C10H10BrNO. The van der Waals surface area contributed by atoms with Gasteiger partial charge in [-0.2, -0.15) is 0 Å². The third kappa shape index (κ3) is 1.48. The molecule has 0 saturated heterocycles. The Morgan fingerprint density at radius 1 is 1.54 bits per heavy atom. The van der Waals surface area contributed by atoms with Gasteiger partial charge in [-0.15, -0.1) is 0 Å². The Kier molecular flexibility index (Phi) is 2.12. The van der Waals surface area contributed by atoms with Gasteiger partial charge in [0.15, 0.2) is 5.78 Å². The molecule has 2 nitrogen and oxygen atoms in total. The Hall–Kier alpha value is -0.830. The van der Waals surface area contributed by atoms with Gasteiger partial charge in [-0.25, -0.2) is 0 Å². The summed E-state index contributed by atoms with van der Waals surface area (Å²) in [7, 11) is 0. The molecule has 0 unspecified atom stereocenters. The van der Waals surface area contributed by atoms with E-state index in [-0.39, 0.29) is 5.78 Å². The molecule has 0 radical (unpaired) electrons. The van der Waals surface area contributed by atoms with Gasteiger partial charge in [0.1, 0.15) is 0 Å². The van der Waals surface area contributed by atoms with Crippen LogP contribution in [0.5, 0.6) is 0 Å². The number of Topliss-reactive ketones (excluding diaryl/α,β-unsaturated/α-hetero) is 1. The second-order valence-electron chi connectivity index (χ2n) is 3.22. The van der Waals surface area contributed by atoms with Gasteiger partial charge in [0.25, 0.3) is 0 Å². The molecule has 0 aromatic heterocycles. The van der Waals surface area contributed by atoms with Gasteiger partial charge in [-0.05, 0) is 31.0 Å². The van der Waals surface area contributed by atoms with Crippen molar-refractivity contribution in [3.8, 4) is 0 Å². The molecule has 1 aliphatic rings. The average Bonchev–Trinajstić information content (AvgIpc) is 2.49. The molecule has 1 aliphatic heterocycles. The molecule has 3 heteroatoms. The number of hydrogen-bond donors (Lipinski definition) is 1. The summed E-state index contributed by atoms with van der Waals surface area (Å²) in [6, 6.07) is 3.95. The maximum Gasteiger partial charge on any atom is 0.161 e. The molecule has 13 heavy (non-hydrogen) atoms. The standard InChI is InChI=1S/C10H10BrNO/c1-6(13)9-5-8(11)4-7-2-3-12-10(7)9/h4-5,12H,2-3H2,1H3. The summed E-state index contributed by atoms with van der Waals surface area (Å²) < 4.78 is 0.986. The lowest BCUT2D eigenvalue weighted by Crippen LogP contribution is -1.99. The summed E-state index contributed by atoms with van der Waals surface area (Å²) in [6.45, 7) is 2.54. The zero-order valence-corrected chi connectivity index (χ0v) is 8.94. The number of rotatable bonds is 1. The van der Waals surface area contributed by atoms with E-state index >= 15 is 0 Å². The maximum absolute atomic E-state index is 11.3. The number of hydrogen-bond acceptors (Lipinski definition) is 2. The number of nitrogens with one attached hydrogen (secondary N) is 1. The van der Waals surface area contributed by atoms with Crippen molar-refractivity contribution < 1.29 is 4.79 Å². The van der Waals surface area contributed by atoms with Crippen molar-refractivity contribution in [2.24, 2.45) is 0 Å². The number of fused-ring (bicyclic) bond motifs is 1. The molecule has 0 amide bonds. The Morgan fingerprint density at radius 3 is 3.00 bits per heavy atom. The predicted octanol–water partition coefficient (Wildman–Crippen LogP) is 2.62. The number of halogens is 1. The van der Waals surface area contributed by atoms with Crippen LogP contribution >= 0.6 is 15.9 Å². The molecule has 1 aromatic rings. The van der Waals surface area contributed by atoms with Crippen molar-refractivity contribution >= 4 is 27.4 Å². The van der Waals surface area contributed by atoms with E-state index in [0.717, 1.165) is 28.7 Å². The van der Waals surface area contributed by atoms with E-state index in [2.05, 4.69) is 27.3 Å². The molecule has 68 valence electrons. The fourth-order valence-corrected chi connectivity index (χ4v) is 2.17. The molecule has 1 aromatic carbocycles. The number of carbonyl (C=O) groups excluding carboxylic acids is 1.